The fraction of sp³-hybridized carbons (Fsp3) is 0.111. The Morgan fingerprint density at radius 3 is 2.09 bits per heavy atom. The molecule has 0 spiro atoms. The molecule has 22 heavy (non-hydrogen) atoms. The molecule has 0 aliphatic heterocycles. The van der Waals surface area contributed by atoms with Gasteiger partial charge in [0.15, 0.2) is 0 Å². The lowest BCUT2D eigenvalue weighted by Gasteiger charge is -2.22. The first kappa shape index (κ1) is 16.2. The van der Waals surface area contributed by atoms with E-state index in [-0.39, 0.29) is 18.0 Å². The summed E-state index contributed by atoms with van der Waals surface area (Å²) >= 11 is 0. The van der Waals surface area contributed by atoms with Crippen molar-refractivity contribution in [2.24, 2.45) is 0 Å². The fourth-order valence-electron chi connectivity index (χ4n) is 2.11. The third kappa shape index (κ3) is 3.72. The standard InChI is InChI=1S/C18H19NO2S/c1-3-14-19(15-16(2)17-10-6-4-7-11-17)22(20,21)18-12-8-5-9-13-18/h3-13H,1-2,14-15H2. The Bertz CT molecular complexity index is 737. The van der Waals surface area contributed by atoms with Crippen molar-refractivity contribution < 1.29 is 8.42 Å². The van der Waals surface area contributed by atoms with Crippen molar-refractivity contribution in [3.63, 3.8) is 0 Å². The highest BCUT2D eigenvalue weighted by atomic mass is 32.2. The van der Waals surface area contributed by atoms with E-state index >= 15 is 0 Å². The van der Waals surface area contributed by atoms with Crippen LogP contribution in [-0.4, -0.2) is 25.8 Å². The lowest BCUT2D eigenvalue weighted by atomic mass is 10.1. The molecule has 0 N–H and O–H groups in total. The van der Waals surface area contributed by atoms with Crippen LogP contribution >= 0.6 is 0 Å². The van der Waals surface area contributed by atoms with Crippen LogP contribution in [0, 0.1) is 0 Å². The van der Waals surface area contributed by atoms with Gasteiger partial charge < -0.3 is 0 Å². The molecule has 0 aliphatic rings. The lowest BCUT2D eigenvalue weighted by Crippen LogP contribution is -2.32. The Labute approximate surface area is 132 Å². The molecule has 0 unspecified atom stereocenters. The Morgan fingerprint density at radius 1 is 1.00 bits per heavy atom. The zero-order valence-corrected chi connectivity index (χ0v) is 13.2. The molecule has 2 aromatic carbocycles. The number of hydrogen-bond donors (Lipinski definition) is 0. The average Bonchev–Trinajstić information content (AvgIpc) is 2.56. The van der Waals surface area contributed by atoms with Gasteiger partial charge in [0.05, 0.1) is 4.90 Å². The molecule has 0 fully saturated rings. The van der Waals surface area contributed by atoms with Gasteiger partial charge in [0.1, 0.15) is 0 Å². The molecular weight excluding hydrogens is 294 g/mol. The highest BCUT2D eigenvalue weighted by Crippen LogP contribution is 2.20. The normalized spacial score (nSPS) is 11.3. The van der Waals surface area contributed by atoms with Crippen molar-refractivity contribution in [2.45, 2.75) is 4.90 Å². The van der Waals surface area contributed by atoms with Crippen LogP contribution in [0.25, 0.3) is 5.57 Å². The summed E-state index contributed by atoms with van der Waals surface area (Å²) in [4.78, 5) is 0.276. The Kier molecular flexibility index (Phi) is 5.31. The number of sulfonamides is 1. The molecule has 2 rings (SSSR count). The highest BCUT2D eigenvalue weighted by Gasteiger charge is 2.23. The van der Waals surface area contributed by atoms with Crippen LogP contribution in [0.5, 0.6) is 0 Å². The first-order valence-electron chi connectivity index (χ1n) is 6.95. The van der Waals surface area contributed by atoms with Crippen molar-refractivity contribution in [1.29, 1.82) is 0 Å². The summed E-state index contributed by atoms with van der Waals surface area (Å²) in [6, 6.07) is 18.0. The highest BCUT2D eigenvalue weighted by molar-refractivity contribution is 7.89. The van der Waals surface area contributed by atoms with Crippen molar-refractivity contribution >= 4 is 15.6 Å². The van der Waals surface area contributed by atoms with Gasteiger partial charge in [0.25, 0.3) is 0 Å². The topological polar surface area (TPSA) is 37.4 Å². The first-order valence-corrected chi connectivity index (χ1v) is 8.39. The zero-order valence-electron chi connectivity index (χ0n) is 12.4. The minimum Gasteiger partial charge on any atom is -0.207 e. The Hall–Kier alpha value is -2.17. The van der Waals surface area contributed by atoms with Crippen LogP contribution in [0.4, 0.5) is 0 Å². The van der Waals surface area contributed by atoms with Gasteiger partial charge in [0, 0.05) is 13.1 Å². The summed E-state index contributed by atoms with van der Waals surface area (Å²) in [5, 5.41) is 0. The van der Waals surface area contributed by atoms with Crippen LogP contribution < -0.4 is 0 Å². The third-order valence-electron chi connectivity index (χ3n) is 3.26. The summed E-state index contributed by atoms with van der Waals surface area (Å²) in [7, 11) is -3.57. The van der Waals surface area contributed by atoms with Gasteiger partial charge in [-0.3, -0.25) is 0 Å². The van der Waals surface area contributed by atoms with E-state index in [1.54, 1.807) is 36.4 Å². The summed E-state index contributed by atoms with van der Waals surface area (Å²) in [6.07, 6.45) is 1.58. The Balaban J connectivity index is 2.27. The molecule has 0 heterocycles. The summed E-state index contributed by atoms with van der Waals surface area (Å²) in [5.74, 6) is 0. The molecule has 0 saturated carbocycles. The van der Waals surface area contributed by atoms with Crippen molar-refractivity contribution in [1.82, 2.24) is 4.31 Å². The summed E-state index contributed by atoms with van der Waals surface area (Å²) in [6.45, 7) is 8.13. The maximum Gasteiger partial charge on any atom is 0.243 e. The van der Waals surface area contributed by atoms with Crippen LogP contribution in [0.1, 0.15) is 5.56 Å². The number of nitrogens with zero attached hydrogens (tertiary/aromatic N) is 1. The van der Waals surface area contributed by atoms with E-state index in [1.807, 2.05) is 30.3 Å². The predicted octanol–water partition coefficient (Wildman–Crippen LogP) is 3.58. The van der Waals surface area contributed by atoms with E-state index < -0.39 is 10.0 Å². The SMILES string of the molecule is C=CCN(CC(=C)c1ccccc1)S(=O)(=O)c1ccccc1. The second-order valence-corrected chi connectivity index (χ2v) is 6.81. The molecule has 0 aromatic heterocycles. The van der Waals surface area contributed by atoms with Crippen molar-refractivity contribution in [3.8, 4) is 0 Å². The Morgan fingerprint density at radius 2 is 1.55 bits per heavy atom. The number of benzene rings is 2. The maximum absolute atomic E-state index is 12.7. The molecule has 0 bridgehead atoms. The molecule has 0 radical (unpaired) electrons. The van der Waals surface area contributed by atoms with Crippen LogP contribution in [0.2, 0.25) is 0 Å². The van der Waals surface area contributed by atoms with E-state index in [0.717, 1.165) is 11.1 Å². The molecule has 2 aromatic rings. The minimum absolute atomic E-state index is 0.229. The zero-order chi connectivity index (χ0) is 16.0. The van der Waals surface area contributed by atoms with E-state index in [0.29, 0.717) is 0 Å². The van der Waals surface area contributed by atoms with Gasteiger partial charge in [-0.2, -0.15) is 4.31 Å². The largest absolute Gasteiger partial charge is 0.243 e. The third-order valence-corrected chi connectivity index (χ3v) is 5.09. The predicted molar refractivity (Wildman–Crippen MR) is 90.9 cm³/mol. The van der Waals surface area contributed by atoms with Gasteiger partial charge in [-0.25, -0.2) is 8.42 Å². The van der Waals surface area contributed by atoms with Gasteiger partial charge in [-0.15, -0.1) is 6.58 Å². The summed E-state index contributed by atoms with van der Waals surface area (Å²) in [5.41, 5.74) is 1.68. The second-order valence-electron chi connectivity index (χ2n) is 4.87. The molecule has 4 heteroatoms. The van der Waals surface area contributed by atoms with Crippen LogP contribution in [0.3, 0.4) is 0 Å². The van der Waals surface area contributed by atoms with Gasteiger partial charge in [-0.1, -0.05) is 61.2 Å². The molecular formula is C18H19NO2S. The smallest absolute Gasteiger partial charge is 0.207 e. The monoisotopic (exact) mass is 313 g/mol. The summed E-state index contributed by atoms with van der Waals surface area (Å²) < 4.78 is 26.8. The average molecular weight is 313 g/mol. The van der Waals surface area contributed by atoms with Crippen molar-refractivity contribution in [2.75, 3.05) is 13.1 Å². The van der Waals surface area contributed by atoms with E-state index in [9.17, 15) is 8.42 Å². The first-order chi connectivity index (χ1) is 10.6. The molecule has 0 amide bonds. The molecule has 0 aliphatic carbocycles. The maximum atomic E-state index is 12.7. The minimum atomic E-state index is -3.57. The quantitative estimate of drug-likeness (QED) is 0.733. The van der Waals surface area contributed by atoms with E-state index in [1.165, 1.54) is 4.31 Å². The van der Waals surface area contributed by atoms with Gasteiger partial charge in [0.2, 0.25) is 10.0 Å². The number of rotatable bonds is 7. The van der Waals surface area contributed by atoms with Gasteiger partial charge in [-0.05, 0) is 23.3 Å². The fourth-order valence-corrected chi connectivity index (χ4v) is 3.54. The van der Waals surface area contributed by atoms with Gasteiger partial charge >= 0.3 is 0 Å². The molecule has 0 saturated heterocycles. The van der Waals surface area contributed by atoms with Crippen LogP contribution in [-0.2, 0) is 10.0 Å². The van der Waals surface area contributed by atoms with Crippen LogP contribution in [0.15, 0.2) is 84.8 Å². The van der Waals surface area contributed by atoms with E-state index in [2.05, 4.69) is 13.2 Å². The lowest BCUT2D eigenvalue weighted by molar-refractivity contribution is 0.478. The second kappa shape index (κ2) is 7.20. The molecule has 3 nitrogen and oxygen atoms in total. The van der Waals surface area contributed by atoms with Crippen molar-refractivity contribution in [3.05, 3.63) is 85.5 Å². The molecule has 0 atom stereocenters. The molecule has 114 valence electrons. The number of hydrogen-bond acceptors (Lipinski definition) is 2. The van der Waals surface area contributed by atoms with E-state index in [4.69, 9.17) is 0 Å².